The second-order valence-corrected chi connectivity index (χ2v) is 5.63. The standard InChI is InChI=1S/C20H22O5/c1-4-19(21)25-18-12-15(11-17(13-18)23-3)8-9-20(22)24-16-7-5-6-14(2)10-16/h5-7,10-13H,4,8-9H2,1-3H3. The number of ether oxygens (including phenoxy) is 3. The fourth-order valence-corrected chi connectivity index (χ4v) is 2.26. The molecule has 0 aliphatic rings. The maximum atomic E-state index is 12.0. The molecular weight excluding hydrogens is 320 g/mol. The van der Waals surface area contributed by atoms with Gasteiger partial charge in [-0.1, -0.05) is 19.1 Å². The Hall–Kier alpha value is -2.82. The van der Waals surface area contributed by atoms with Gasteiger partial charge >= 0.3 is 11.9 Å². The maximum absolute atomic E-state index is 12.0. The van der Waals surface area contributed by atoms with E-state index in [0.717, 1.165) is 11.1 Å². The van der Waals surface area contributed by atoms with E-state index in [4.69, 9.17) is 14.2 Å². The van der Waals surface area contributed by atoms with Gasteiger partial charge in [-0.15, -0.1) is 0 Å². The summed E-state index contributed by atoms with van der Waals surface area (Å²) in [6.45, 7) is 3.66. The summed E-state index contributed by atoms with van der Waals surface area (Å²) in [6, 6.07) is 12.5. The van der Waals surface area contributed by atoms with Crippen molar-refractivity contribution >= 4 is 11.9 Å². The molecular formula is C20H22O5. The predicted molar refractivity (Wildman–Crippen MR) is 94.1 cm³/mol. The van der Waals surface area contributed by atoms with Gasteiger partial charge in [0.2, 0.25) is 0 Å². The molecule has 0 bridgehead atoms. The normalized spacial score (nSPS) is 10.2. The van der Waals surface area contributed by atoms with E-state index >= 15 is 0 Å². The number of aryl methyl sites for hydroxylation is 2. The van der Waals surface area contributed by atoms with Gasteiger partial charge in [0.05, 0.1) is 7.11 Å². The first kappa shape index (κ1) is 18.5. The van der Waals surface area contributed by atoms with E-state index < -0.39 is 0 Å². The summed E-state index contributed by atoms with van der Waals surface area (Å²) in [4.78, 5) is 23.5. The first-order valence-electron chi connectivity index (χ1n) is 8.16. The molecule has 132 valence electrons. The number of methoxy groups -OCH3 is 1. The molecule has 0 amide bonds. The van der Waals surface area contributed by atoms with E-state index in [1.54, 1.807) is 25.1 Å². The molecule has 0 heterocycles. The van der Waals surface area contributed by atoms with Crippen molar-refractivity contribution in [2.24, 2.45) is 0 Å². The van der Waals surface area contributed by atoms with Crippen molar-refractivity contribution in [3.05, 3.63) is 53.6 Å². The Morgan fingerprint density at radius 3 is 2.32 bits per heavy atom. The first-order chi connectivity index (χ1) is 12.0. The van der Waals surface area contributed by atoms with Crippen LogP contribution >= 0.6 is 0 Å². The fourth-order valence-electron chi connectivity index (χ4n) is 2.26. The molecule has 25 heavy (non-hydrogen) atoms. The van der Waals surface area contributed by atoms with Crippen LogP contribution in [-0.4, -0.2) is 19.0 Å². The average Bonchev–Trinajstić information content (AvgIpc) is 2.59. The molecule has 0 aliphatic heterocycles. The van der Waals surface area contributed by atoms with E-state index in [1.807, 2.05) is 31.2 Å². The number of rotatable bonds is 7. The van der Waals surface area contributed by atoms with Crippen molar-refractivity contribution in [2.45, 2.75) is 33.1 Å². The van der Waals surface area contributed by atoms with Crippen LogP contribution in [0, 0.1) is 6.92 Å². The van der Waals surface area contributed by atoms with Crippen molar-refractivity contribution < 1.29 is 23.8 Å². The number of carbonyl (C=O) groups is 2. The van der Waals surface area contributed by atoms with E-state index in [9.17, 15) is 9.59 Å². The number of hydrogen-bond acceptors (Lipinski definition) is 5. The van der Waals surface area contributed by atoms with E-state index in [0.29, 0.717) is 23.7 Å². The quantitative estimate of drug-likeness (QED) is 0.565. The molecule has 2 aromatic carbocycles. The second-order valence-electron chi connectivity index (χ2n) is 5.63. The molecule has 0 aromatic heterocycles. The highest BCUT2D eigenvalue weighted by molar-refractivity contribution is 5.73. The molecule has 0 spiro atoms. The third-order valence-electron chi connectivity index (χ3n) is 3.53. The molecule has 0 saturated carbocycles. The van der Waals surface area contributed by atoms with Crippen molar-refractivity contribution in [3.63, 3.8) is 0 Å². The second kappa shape index (κ2) is 8.87. The Kier molecular flexibility index (Phi) is 6.57. The summed E-state index contributed by atoms with van der Waals surface area (Å²) < 4.78 is 15.8. The van der Waals surface area contributed by atoms with Gasteiger partial charge in [0, 0.05) is 18.9 Å². The highest BCUT2D eigenvalue weighted by Crippen LogP contribution is 2.24. The molecule has 2 aromatic rings. The van der Waals surface area contributed by atoms with E-state index in [1.165, 1.54) is 7.11 Å². The molecule has 0 atom stereocenters. The third-order valence-corrected chi connectivity index (χ3v) is 3.53. The molecule has 5 nitrogen and oxygen atoms in total. The Bertz CT molecular complexity index is 752. The van der Waals surface area contributed by atoms with Gasteiger partial charge < -0.3 is 14.2 Å². The SMILES string of the molecule is CCC(=O)Oc1cc(CCC(=O)Oc2cccc(C)c2)cc(OC)c1. The van der Waals surface area contributed by atoms with E-state index in [2.05, 4.69) is 0 Å². The van der Waals surface area contributed by atoms with Crippen LogP contribution in [0.4, 0.5) is 0 Å². The summed E-state index contributed by atoms with van der Waals surface area (Å²) >= 11 is 0. The van der Waals surface area contributed by atoms with Gasteiger partial charge in [-0.05, 0) is 48.7 Å². The van der Waals surface area contributed by atoms with Crippen molar-refractivity contribution in [1.82, 2.24) is 0 Å². The van der Waals surface area contributed by atoms with Crippen LogP contribution in [0.15, 0.2) is 42.5 Å². The van der Waals surface area contributed by atoms with Crippen LogP contribution < -0.4 is 14.2 Å². The summed E-state index contributed by atoms with van der Waals surface area (Å²) in [5.74, 6) is 0.878. The lowest BCUT2D eigenvalue weighted by Crippen LogP contribution is -2.09. The van der Waals surface area contributed by atoms with Crippen LogP contribution in [-0.2, 0) is 16.0 Å². The third kappa shape index (κ3) is 5.95. The lowest BCUT2D eigenvalue weighted by Gasteiger charge is -2.09. The molecule has 0 radical (unpaired) electrons. The number of hydrogen-bond donors (Lipinski definition) is 0. The number of esters is 2. The summed E-state index contributed by atoms with van der Waals surface area (Å²) in [7, 11) is 1.54. The summed E-state index contributed by atoms with van der Waals surface area (Å²) in [5.41, 5.74) is 1.86. The summed E-state index contributed by atoms with van der Waals surface area (Å²) in [6.07, 6.45) is 0.955. The van der Waals surface area contributed by atoms with E-state index in [-0.39, 0.29) is 24.8 Å². The Morgan fingerprint density at radius 2 is 1.64 bits per heavy atom. The minimum absolute atomic E-state index is 0.211. The minimum Gasteiger partial charge on any atom is -0.497 e. The Labute approximate surface area is 147 Å². The molecule has 0 aliphatic carbocycles. The van der Waals surface area contributed by atoms with Gasteiger partial charge in [0.1, 0.15) is 17.2 Å². The van der Waals surface area contributed by atoms with Crippen LogP contribution in [0.1, 0.15) is 30.9 Å². The Balaban J connectivity index is 2.00. The van der Waals surface area contributed by atoms with Gasteiger partial charge in [-0.2, -0.15) is 0 Å². The zero-order valence-corrected chi connectivity index (χ0v) is 14.7. The van der Waals surface area contributed by atoms with Crippen LogP contribution in [0.3, 0.4) is 0 Å². The fraction of sp³-hybridized carbons (Fsp3) is 0.300. The van der Waals surface area contributed by atoms with Crippen molar-refractivity contribution in [3.8, 4) is 17.2 Å². The predicted octanol–water partition coefficient (Wildman–Crippen LogP) is 3.86. The lowest BCUT2D eigenvalue weighted by molar-refractivity contribution is -0.135. The van der Waals surface area contributed by atoms with Crippen LogP contribution in [0.25, 0.3) is 0 Å². The maximum Gasteiger partial charge on any atom is 0.311 e. The van der Waals surface area contributed by atoms with Gasteiger partial charge in [0.25, 0.3) is 0 Å². The number of carbonyl (C=O) groups excluding carboxylic acids is 2. The zero-order chi connectivity index (χ0) is 18.2. The molecule has 0 fully saturated rings. The first-order valence-corrected chi connectivity index (χ1v) is 8.16. The minimum atomic E-state index is -0.321. The molecule has 5 heteroatoms. The van der Waals surface area contributed by atoms with Crippen molar-refractivity contribution in [1.29, 1.82) is 0 Å². The summed E-state index contributed by atoms with van der Waals surface area (Å²) in [5, 5.41) is 0. The Morgan fingerprint density at radius 1 is 0.920 bits per heavy atom. The van der Waals surface area contributed by atoms with Crippen LogP contribution in [0.5, 0.6) is 17.2 Å². The van der Waals surface area contributed by atoms with Crippen molar-refractivity contribution in [2.75, 3.05) is 7.11 Å². The monoisotopic (exact) mass is 342 g/mol. The van der Waals surface area contributed by atoms with Gasteiger partial charge in [0.15, 0.2) is 0 Å². The topological polar surface area (TPSA) is 61.8 Å². The molecule has 0 N–H and O–H groups in total. The largest absolute Gasteiger partial charge is 0.497 e. The molecule has 2 rings (SSSR count). The smallest absolute Gasteiger partial charge is 0.311 e. The van der Waals surface area contributed by atoms with Gasteiger partial charge in [-0.25, -0.2) is 0 Å². The molecule has 0 saturated heterocycles. The average molecular weight is 342 g/mol. The lowest BCUT2D eigenvalue weighted by atomic mass is 10.1. The highest BCUT2D eigenvalue weighted by atomic mass is 16.5. The highest BCUT2D eigenvalue weighted by Gasteiger charge is 2.10. The number of benzene rings is 2. The zero-order valence-electron chi connectivity index (χ0n) is 14.7. The van der Waals surface area contributed by atoms with Crippen LogP contribution in [0.2, 0.25) is 0 Å². The van der Waals surface area contributed by atoms with Gasteiger partial charge in [-0.3, -0.25) is 9.59 Å². The molecule has 0 unspecified atom stereocenters.